The first-order valence-corrected chi connectivity index (χ1v) is 5.53. The van der Waals surface area contributed by atoms with Crippen molar-refractivity contribution in [2.45, 2.75) is 41.5 Å². The van der Waals surface area contributed by atoms with Crippen molar-refractivity contribution in [1.82, 2.24) is 0 Å². The van der Waals surface area contributed by atoms with Crippen LogP contribution in [0.1, 0.15) is 41.5 Å². The minimum Gasteiger partial charge on any atom is -0.481 e. The number of carbonyl (C=O) groups excluding carboxylic acids is 2. The van der Waals surface area contributed by atoms with Gasteiger partial charge in [0, 0.05) is 41.5 Å². The lowest BCUT2D eigenvalue weighted by Crippen LogP contribution is -2.03. The van der Waals surface area contributed by atoms with Gasteiger partial charge in [-0.15, -0.1) is 0 Å². The lowest BCUT2D eigenvalue weighted by Gasteiger charge is -1.87. The molecule has 0 heterocycles. The summed E-state index contributed by atoms with van der Waals surface area (Å²) in [6.07, 6.45) is 0. The number of hydrogen-bond acceptors (Lipinski definition) is 7. The van der Waals surface area contributed by atoms with Gasteiger partial charge in [-0.1, -0.05) is 0 Å². The molecule has 11 heteroatoms. The average molecular weight is 342 g/mol. The van der Waals surface area contributed by atoms with E-state index >= 15 is 0 Å². The number of rotatable bonds is 0. The molecule has 23 heavy (non-hydrogen) atoms. The molecule has 0 aromatic heterocycles. The molecule has 11 nitrogen and oxygen atoms in total. The summed E-state index contributed by atoms with van der Waals surface area (Å²) in [6.45, 7) is 6.70. The van der Waals surface area contributed by atoms with E-state index in [1.165, 1.54) is 13.8 Å². The summed E-state index contributed by atoms with van der Waals surface area (Å²) < 4.78 is 3.97. The molecule has 0 aromatic carbocycles. The highest BCUT2D eigenvalue weighted by Gasteiger charge is 1.93. The Morgan fingerprint density at radius 3 is 0.565 bits per heavy atom. The van der Waals surface area contributed by atoms with Crippen LogP contribution in [0.2, 0.25) is 0 Å². The lowest BCUT2D eigenvalue weighted by molar-refractivity contribution is -0.156. The van der Waals surface area contributed by atoms with Crippen LogP contribution in [0.25, 0.3) is 0 Å². The van der Waals surface area contributed by atoms with Gasteiger partial charge >= 0.3 is 11.9 Å². The van der Waals surface area contributed by atoms with Crippen LogP contribution in [0.3, 0.4) is 0 Å². The highest BCUT2D eigenvalue weighted by atomic mass is 16.6. The first-order chi connectivity index (χ1) is 10.1. The van der Waals surface area contributed by atoms with Crippen molar-refractivity contribution in [3.63, 3.8) is 0 Å². The lowest BCUT2D eigenvalue weighted by atomic mass is 10.7. The van der Waals surface area contributed by atoms with Gasteiger partial charge in [0.15, 0.2) is 0 Å². The zero-order chi connectivity index (χ0) is 20.2. The molecule has 0 bridgehead atoms. The van der Waals surface area contributed by atoms with E-state index in [9.17, 15) is 9.59 Å². The maximum absolute atomic E-state index is 9.81. The Kier molecular flexibility index (Phi) is 33.6. The summed E-state index contributed by atoms with van der Waals surface area (Å²) in [4.78, 5) is 55.6. The number of hydrogen-bond donors (Lipinski definition) is 4. The third kappa shape index (κ3) is 5300. The van der Waals surface area contributed by atoms with E-state index < -0.39 is 35.8 Å². The molecule has 0 amide bonds. The molecule has 0 fully saturated rings. The van der Waals surface area contributed by atoms with Gasteiger partial charge in [0.05, 0.1) is 0 Å². The van der Waals surface area contributed by atoms with Crippen LogP contribution in [0.4, 0.5) is 0 Å². The minimum atomic E-state index is -0.833. The fourth-order valence-corrected chi connectivity index (χ4v) is 0.202. The predicted octanol–water partition coefficient (Wildman–Crippen LogP) is 0.460. The number of carboxylic acid groups (broad SMARTS) is 4. The van der Waals surface area contributed by atoms with Gasteiger partial charge in [-0.25, -0.2) is 0 Å². The van der Waals surface area contributed by atoms with Gasteiger partial charge in [-0.2, -0.15) is 0 Å². The van der Waals surface area contributed by atoms with Crippen LogP contribution in [0.5, 0.6) is 0 Å². The molecule has 0 saturated carbocycles. The average Bonchev–Trinajstić information content (AvgIpc) is 2.09. The zero-order valence-electron chi connectivity index (χ0n) is 13.6. The largest absolute Gasteiger partial charge is 0.481 e. The monoisotopic (exact) mass is 342 g/mol. The maximum atomic E-state index is 9.81. The Morgan fingerprint density at radius 1 is 0.478 bits per heavy atom. The van der Waals surface area contributed by atoms with Gasteiger partial charge < -0.3 is 25.2 Å². The van der Waals surface area contributed by atoms with Crippen LogP contribution in [-0.4, -0.2) is 56.2 Å². The smallest absolute Gasteiger partial charge is 0.310 e. The van der Waals surface area contributed by atoms with Crippen molar-refractivity contribution in [1.29, 1.82) is 0 Å². The van der Waals surface area contributed by atoms with E-state index in [4.69, 9.17) is 39.6 Å². The number of aliphatic carboxylic acids is 4. The summed E-state index contributed by atoms with van der Waals surface area (Å²) in [6, 6.07) is 0. The number of esters is 2. The van der Waals surface area contributed by atoms with Gasteiger partial charge in [-0.05, 0) is 0 Å². The highest BCUT2D eigenvalue weighted by Crippen LogP contribution is 1.73. The van der Waals surface area contributed by atoms with Crippen LogP contribution >= 0.6 is 0 Å². The first kappa shape index (κ1) is 32.1. The second kappa shape index (κ2) is 24.1. The van der Waals surface area contributed by atoms with E-state index in [2.05, 4.69) is 4.74 Å². The summed E-state index contributed by atoms with van der Waals surface area (Å²) in [5, 5.41) is 29.7. The highest BCUT2D eigenvalue weighted by molar-refractivity contribution is 5.82. The molecule has 0 unspecified atom stereocenters. The second-order valence-corrected chi connectivity index (χ2v) is 3.16. The maximum Gasteiger partial charge on any atom is 0.310 e. The zero-order valence-corrected chi connectivity index (χ0v) is 13.6. The molecule has 0 aliphatic heterocycles. The van der Waals surface area contributed by atoms with Crippen molar-refractivity contribution in [3.8, 4) is 0 Å². The fourth-order valence-electron chi connectivity index (χ4n) is 0.202. The Morgan fingerprint density at radius 2 is 0.565 bits per heavy atom. The summed E-state index contributed by atoms with van der Waals surface area (Å²) in [7, 11) is 0. The SMILES string of the molecule is CC(=O)O.CC(=O)O.CC(=O)O.CC(=O)O.CC(=O)OC(C)=O. The number of carbonyl (C=O) groups is 6. The van der Waals surface area contributed by atoms with Crippen molar-refractivity contribution in [3.05, 3.63) is 0 Å². The molecule has 0 spiro atoms. The van der Waals surface area contributed by atoms with Crippen molar-refractivity contribution >= 4 is 35.8 Å². The number of carboxylic acids is 4. The molecule has 4 N–H and O–H groups in total. The molecule has 0 atom stereocenters. The van der Waals surface area contributed by atoms with Gasteiger partial charge in [0.2, 0.25) is 0 Å². The van der Waals surface area contributed by atoms with Crippen molar-refractivity contribution in [2.24, 2.45) is 0 Å². The molecule has 136 valence electrons. The quantitative estimate of drug-likeness (QED) is 0.353. The van der Waals surface area contributed by atoms with E-state index in [0.29, 0.717) is 0 Å². The van der Waals surface area contributed by atoms with E-state index in [1.54, 1.807) is 0 Å². The Hall–Kier alpha value is -2.98. The first-order valence-electron chi connectivity index (χ1n) is 5.53. The molecule has 0 aromatic rings. The van der Waals surface area contributed by atoms with E-state index in [-0.39, 0.29) is 0 Å². The predicted molar refractivity (Wildman–Crippen MR) is 75.7 cm³/mol. The summed E-state index contributed by atoms with van der Waals surface area (Å²) >= 11 is 0. The molecule has 0 aliphatic rings. The van der Waals surface area contributed by atoms with Gasteiger partial charge in [-0.3, -0.25) is 28.8 Å². The summed E-state index contributed by atoms with van der Waals surface area (Å²) in [5.41, 5.74) is 0. The Balaban J connectivity index is -0.0000000604. The van der Waals surface area contributed by atoms with E-state index in [0.717, 1.165) is 27.7 Å². The standard InChI is InChI=1S/C4H6O3.4C2H4O2/c1-3(5)7-4(2)6;4*1-2(3)4/h1-2H3;4*1H3,(H,3,4). The molecule has 0 rings (SSSR count). The van der Waals surface area contributed by atoms with Crippen LogP contribution < -0.4 is 0 Å². The topological polar surface area (TPSA) is 193 Å². The fraction of sp³-hybridized carbons (Fsp3) is 0.500. The normalized spacial score (nSPS) is 6.70. The second-order valence-electron chi connectivity index (χ2n) is 3.16. The third-order valence-electron chi connectivity index (χ3n) is 0.287. The summed E-state index contributed by atoms with van der Waals surface area (Å²) in [5.74, 6) is -4.46. The van der Waals surface area contributed by atoms with Crippen molar-refractivity contribution < 1.29 is 53.9 Å². The molecule has 0 saturated heterocycles. The Labute approximate surface area is 132 Å². The van der Waals surface area contributed by atoms with Gasteiger partial charge in [0.25, 0.3) is 23.9 Å². The van der Waals surface area contributed by atoms with Crippen LogP contribution in [-0.2, 0) is 33.5 Å². The van der Waals surface area contributed by atoms with Crippen LogP contribution in [0.15, 0.2) is 0 Å². The van der Waals surface area contributed by atoms with Crippen LogP contribution in [0, 0.1) is 0 Å². The third-order valence-corrected chi connectivity index (χ3v) is 0.287. The van der Waals surface area contributed by atoms with Gasteiger partial charge in [0.1, 0.15) is 0 Å². The molecule has 0 radical (unpaired) electrons. The molecular formula is C12H22O11. The minimum absolute atomic E-state index is 0.562. The van der Waals surface area contributed by atoms with Crippen molar-refractivity contribution in [2.75, 3.05) is 0 Å². The Bertz CT molecular complexity index is 308. The molecule has 0 aliphatic carbocycles. The molecular weight excluding hydrogens is 320 g/mol. The van der Waals surface area contributed by atoms with E-state index in [1.807, 2.05) is 0 Å². The number of ether oxygens (including phenoxy) is 1.